The topological polar surface area (TPSA) is 77.4 Å². The van der Waals surface area contributed by atoms with Crippen LogP contribution in [0, 0.1) is 12.8 Å². The molecule has 1 aliphatic heterocycles. The third-order valence-electron chi connectivity index (χ3n) is 6.01. The van der Waals surface area contributed by atoms with Gasteiger partial charge in [-0.1, -0.05) is 18.2 Å². The number of rotatable bonds is 5. The number of pyridine rings is 3. The highest BCUT2D eigenvalue weighted by atomic mass is 16.5. The quantitative estimate of drug-likeness (QED) is 0.443. The minimum Gasteiger partial charge on any atom is -0.437 e. The van der Waals surface area contributed by atoms with Crippen molar-refractivity contribution < 1.29 is 14.3 Å². The molecular formula is C27H26N4O3. The summed E-state index contributed by atoms with van der Waals surface area (Å²) in [5.74, 6) is 0.873. The molecule has 0 N–H and O–H groups in total. The van der Waals surface area contributed by atoms with Gasteiger partial charge in [-0.25, -0.2) is 4.98 Å². The Morgan fingerprint density at radius 2 is 2.03 bits per heavy atom. The third kappa shape index (κ3) is 4.89. The van der Waals surface area contributed by atoms with Crippen LogP contribution in [0.3, 0.4) is 0 Å². The van der Waals surface area contributed by atoms with E-state index < -0.39 is 0 Å². The van der Waals surface area contributed by atoms with Gasteiger partial charge in [-0.05, 0) is 54.6 Å². The number of fused-ring (bicyclic) bond motifs is 1. The van der Waals surface area contributed by atoms with Crippen molar-refractivity contribution in [2.24, 2.45) is 5.92 Å². The Hall–Kier alpha value is -3.84. The Kier molecular flexibility index (Phi) is 6.44. The van der Waals surface area contributed by atoms with Crippen LogP contribution in [0.25, 0.3) is 10.8 Å². The number of hydrogen-bond acceptors (Lipinski definition) is 6. The van der Waals surface area contributed by atoms with Gasteiger partial charge >= 0.3 is 0 Å². The van der Waals surface area contributed by atoms with Crippen molar-refractivity contribution in [3.05, 3.63) is 90.1 Å². The van der Waals surface area contributed by atoms with Crippen molar-refractivity contribution in [2.45, 2.75) is 13.3 Å². The van der Waals surface area contributed by atoms with E-state index in [2.05, 4.69) is 33.2 Å². The average Bonchev–Trinajstić information content (AvgIpc) is 3.11. The standard InChI is InChI=1S/C27H26N4O3/c1-19-7-8-23(15-30-19)34-26-24(6-3-10-29-26)27(32)31-12-13-33-18-20(17-31)14-22-5-2-4-21-9-11-28-16-25(21)22/h2-11,15-16,20H,12-14,17-18H2,1H3/t20-/m1/s1. The van der Waals surface area contributed by atoms with Gasteiger partial charge in [0.1, 0.15) is 11.3 Å². The molecule has 34 heavy (non-hydrogen) atoms. The molecule has 0 radical (unpaired) electrons. The van der Waals surface area contributed by atoms with Crippen LogP contribution in [0.15, 0.2) is 73.3 Å². The molecule has 1 saturated heterocycles. The molecule has 5 rings (SSSR count). The number of aryl methyl sites for hydroxylation is 1. The lowest BCUT2D eigenvalue weighted by Gasteiger charge is -2.24. The molecule has 3 aromatic heterocycles. The first-order valence-corrected chi connectivity index (χ1v) is 11.4. The summed E-state index contributed by atoms with van der Waals surface area (Å²) in [6.07, 6.45) is 7.77. The lowest BCUT2D eigenvalue weighted by atomic mass is 9.95. The summed E-state index contributed by atoms with van der Waals surface area (Å²) in [4.78, 5) is 28.3. The van der Waals surface area contributed by atoms with Gasteiger partial charge in [0, 0.05) is 48.7 Å². The van der Waals surface area contributed by atoms with Crippen molar-refractivity contribution in [3.63, 3.8) is 0 Å². The normalized spacial score (nSPS) is 16.3. The largest absolute Gasteiger partial charge is 0.437 e. The van der Waals surface area contributed by atoms with E-state index in [1.54, 1.807) is 24.5 Å². The zero-order chi connectivity index (χ0) is 23.3. The summed E-state index contributed by atoms with van der Waals surface area (Å²) in [5.41, 5.74) is 2.53. The van der Waals surface area contributed by atoms with Gasteiger partial charge in [0.05, 0.1) is 19.4 Å². The molecule has 0 unspecified atom stereocenters. The summed E-state index contributed by atoms with van der Waals surface area (Å²) in [6, 6.07) is 15.5. The van der Waals surface area contributed by atoms with E-state index in [0.29, 0.717) is 37.6 Å². The molecule has 0 aliphatic carbocycles. The number of carbonyl (C=O) groups is 1. The minimum atomic E-state index is -0.113. The van der Waals surface area contributed by atoms with Crippen LogP contribution < -0.4 is 4.74 Å². The fourth-order valence-electron chi connectivity index (χ4n) is 4.29. The molecule has 1 amide bonds. The molecule has 1 aliphatic rings. The third-order valence-corrected chi connectivity index (χ3v) is 6.01. The van der Waals surface area contributed by atoms with Crippen LogP contribution in [-0.4, -0.2) is 52.1 Å². The van der Waals surface area contributed by atoms with Crippen LogP contribution >= 0.6 is 0 Å². The van der Waals surface area contributed by atoms with Crippen molar-refractivity contribution in [3.8, 4) is 11.6 Å². The highest BCUT2D eigenvalue weighted by Crippen LogP contribution is 2.26. The predicted molar refractivity (Wildman–Crippen MR) is 129 cm³/mol. The SMILES string of the molecule is Cc1ccc(Oc2ncccc2C(=O)N2CCOC[C@H](Cc3cccc4ccncc34)C2)cn1. The number of aromatic nitrogens is 3. The molecule has 4 aromatic rings. The number of benzene rings is 1. The highest BCUT2D eigenvalue weighted by molar-refractivity contribution is 5.96. The molecular weight excluding hydrogens is 428 g/mol. The maximum Gasteiger partial charge on any atom is 0.259 e. The summed E-state index contributed by atoms with van der Waals surface area (Å²) in [7, 11) is 0. The molecule has 1 atom stereocenters. The molecule has 0 spiro atoms. The fraction of sp³-hybridized carbons (Fsp3) is 0.259. The molecule has 1 fully saturated rings. The minimum absolute atomic E-state index is 0.113. The fourth-order valence-corrected chi connectivity index (χ4v) is 4.29. The van der Waals surface area contributed by atoms with Crippen molar-refractivity contribution >= 4 is 16.7 Å². The first-order chi connectivity index (χ1) is 16.7. The molecule has 0 bridgehead atoms. The molecule has 7 nitrogen and oxygen atoms in total. The number of ether oxygens (including phenoxy) is 2. The van der Waals surface area contributed by atoms with Crippen molar-refractivity contribution in [2.75, 3.05) is 26.3 Å². The molecule has 172 valence electrons. The zero-order valence-electron chi connectivity index (χ0n) is 19.1. The van der Waals surface area contributed by atoms with Gasteiger partial charge in [-0.2, -0.15) is 0 Å². The Morgan fingerprint density at radius 3 is 2.91 bits per heavy atom. The van der Waals surface area contributed by atoms with E-state index in [9.17, 15) is 4.79 Å². The van der Waals surface area contributed by atoms with E-state index in [4.69, 9.17) is 9.47 Å². The summed E-state index contributed by atoms with van der Waals surface area (Å²) >= 11 is 0. The predicted octanol–water partition coefficient (Wildman–Crippen LogP) is 4.46. The number of carbonyl (C=O) groups excluding carboxylic acids is 1. The summed E-state index contributed by atoms with van der Waals surface area (Å²) in [6.45, 7) is 4.12. The zero-order valence-corrected chi connectivity index (χ0v) is 19.1. The monoisotopic (exact) mass is 454 g/mol. The average molecular weight is 455 g/mol. The lowest BCUT2D eigenvalue weighted by molar-refractivity contribution is 0.0734. The van der Waals surface area contributed by atoms with E-state index in [1.165, 1.54) is 5.56 Å². The second-order valence-corrected chi connectivity index (χ2v) is 8.50. The second-order valence-electron chi connectivity index (χ2n) is 8.50. The van der Waals surface area contributed by atoms with Crippen LogP contribution in [-0.2, 0) is 11.2 Å². The van der Waals surface area contributed by atoms with Crippen LogP contribution in [0.4, 0.5) is 0 Å². The second kappa shape index (κ2) is 9.97. The maximum atomic E-state index is 13.6. The number of hydrogen-bond donors (Lipinski definition) is 0. The van der Waals surface area contributed by atoms with Crippen molar-refractivity contribution in [1.82, 2.24) is 19.9 Å². The van der Waals surface area contributed by atoms with E-state index >= 15 is 0 Å². The van der Waals surface area contributed by atoms with E-state index in [-0.39, 0.29) is 17.7 Å². The van der Waals surface area contributed by atoms with Gasteiger partial charge in [0.2, 0.25) is 5.88 Å². The molecule has 0 saturated carbocycles. The Morgan fingerprint density at radius 1 is 1.09 bits per heavy atom. The highest BCUT2D eigenvalue weighted by Gasteiger charge is 2.26. The molecule has 1 aromatic carbocycles. The van der Waals surface area contributed by atoms with Gasteiger partial charge in [-0.15, -0.1) is 0 Å². The Bertz CT molecular complexity index is 1290. The van der Waals surface area contributed by atoms with E-state index in [1.807, 2.05) is 42.4 Å². The summed E-state index contributed by atoms with van der Waals surface area (Å²) in [5, 5.41) is 2.31. The van der Waals surface area contributed by atoms with Crippen LogP contribution in [0.1, 0.15) is 21.6 Å². The smallest absolute Gasteiger partial charge is 0.259 e. The first-order valence-electron chi connectivity index (χ1n) is 11.4. The maximum absolute atomic E-state index is 13.6. The number of nitrogens with zero attached hydrogens (tertiary/aromatic N) is 4. The molecule has 7 heteroatoms. The lowest BCUT2D eigenvalue weighted by Crippen LogP contribution is -2.36. The Labute approximate surface area is 198 Å². The van der Waals surface area contributed by atoms with Gasteiger partial charge in [0.15, 0.2) is 0 Å². The van der Waals surface area contributed by atoms with E-state index in [0.717, 1.165) is 22.9 Å². The van der Waals surface area contributed by atoms with Gasteiger partial charge in [-0.3, -0.25) is 14.8 Å². The molecule has 4 heterocycles. The summed E-state index contributed by atoms with van der Waals surface area (Å²) < 4.78 is 11.8. The van der Waals surface area contributed by atoms with Gasteiger partial charge < -0.3 is 14.4 Å². The first kappa shape index (κ1) is 22.0. The van der Waals surface area contributed by atoms with Crippen LogP contribution in [0.2, 0.25) is 0 Å². The number of amides is 1. The van der Waals surface area contributed by atoms with Gasteiger partial charge in [0.25, 0.3) is 5.91 Å². The Balaban J connectivity index is 1.35. The van der Waals surface area contributed by atoms with Crippen LogP contribution in [0.5, 0.6) is 11.6 Å². The van der Waals surface area contributed by atoms with Crippen molar-refractivity contribution in [1.29, 1.82) is 0 Å².